The third-order valence-corrected chi connectivity index (χ3v) is 2.27. The first-order chi connectivity index (χ1) is 5.65. The largest absolute Gasteiger partial charge is 0.473 e. The van der Waals surface area contributed by atoms with E-state index in [2.05, 4.69) is 0 Å². The number of carboxylic acids is 1. The maximum atomic E-state index is 10.6. The Labute approximate surface area is 75.0 Å². The van der Waals surface area contributed by atoms with E-state index in [1.165, 1.54) is 0 Å². The lowest BCUT2D eigenvalue weighted by atomic mass is 10.3. The molecule has 1 aromatic rings. The molecule has 0 bridgehead atoms. The number of nitrogens with zero attached hydrogens (tertiary/aromatic N) is 1. The summed E-state index contributed by atoms with van der Waals surface area (Å²) in [6.07, 6.45) is 3.75. The van der Waals surface area contributed by atoms with E-state index in [-0.39, 0.29) is 0 Å². The maximum Gasteiger partial charge on any atom is 0.401 e. The Hall–Kier alpha value is -1.03. The second-order valence-corrected chi connectivity index (χ2v) is 3.25. The van der Waals surface area contributed by atoms with Crippen LogP contribution in [0.4, 0.5) is 0 Å². The number of aromatic nitrogens is 1. The predicted octanol–water partition coefficient (Wildman–Crippen LogP) is 0.931. The first-order valence-corrected chi connectivity index (χ1v) is 4.64. The lowest BCUT2D eigenvalue weighted by molar-refractivity contribution is -0.675. The molecule has 1 N–H and O–H groups in total. The van der Waals surface area contributed by atoms with Crippen LogP contribution < -0.4 is 4.57 Å². The quantitative estimate of drug-likeness (QED) is 0.549. The van der Waals surface area contributed by atoms with E-state index < -0.39 is 5.97 Å². The summed E-state index contributed by atoms with van der Waals surface area (Å²) in [4.78, 5) is 11.7. The molecule has 0 atom stereocenters. The van der Waals surface area contributed by atoms with Gasteiger partial charge in [0.1, 0.15) is 7.05 Å². The molecule has 0 radical (unpaired) electrons. The van der Waals surface area contributed by atoms with Crippen LogP contribution in [0.1, 0.15) is 10.5 Å². The van der Waals surface area contributed by atoms with Gasteiger partial charge >= 0.3 is 5.97 Å². The van der Waals surface area contributed by atoms with Crippen molar-refractivity contribution in [3.05, 3.63) is 24.0 Å². The standard InChI is InChI=1S/C8H9NO2S/c1-9-5-6(12-2)3-4-7(9)8(10)11/h3-5H,1-2H3/p+1. The minimum absolute atomic E-state index is 0.299. The molecule has 0 aliphatic heterocycles. The van der Waals surface area contributed by atoms with Gasteiger partial charge in [0.25, 0.3) is 5.69 Å². The van der Waals surface area contributed by atoms with Gasteiger partial charge < -0.3 is 5.11 Å². The molecular formula is C8H10NO2S+. The molecule has 4 heteroatoms. The number of rotatable bonds is 2. The molecule has 0 saturated carbocycles. The molecule has 0 aromatic carbocycles. The second kappa shape index (κ2) is 3.58. The molecular weight excluding hydrogens is 174 g/mol. The number of aromatic carboxylic acids is 1. The average molecular weight is 184 g/mol. The summed E-state index contributed by atoms with van der Waals surface area (Å²) in [5.41, 5.74) is 0.299. The number of hydrogen-bond donors (Lipinski definition) is 1. The molecule has 0 aliphatic rings. The Morgan fingerprint density at radius 3 is 2.67 bits per heavy atom. The van der Waals surface area contributed by atoms with Crippen LogP contribution in [0.3, 0.4) is 0 Å². The third kappa shape index (κ3) is 1.76. The summed E-state index contributed by atoms with van der Waals surface area (Å²) in [5, 5.41) is 8.70. The van der Waals surface area contributed by atoms with Gasteiger partial charge in [0.2, 0.25) is 0 Å². The summed E-state index contributed by atoms with van der Waals surface area (Å²) in [7, 11) is 1.73. The van der Waals surface area contributed by atoms with Gasteiger partial charge in [-0.05, 0) is 12.3 Å². The van der Waals surface area contributed by atoms with Gasteiger partial charge in [-0.3, -0.25) is 0 Å². The molecule has 0 aliphatic carbocycles. The Kier molecular flexibility index (Phi) is 2.70. The Bertz CT molecular complexity index is 312. The fourth-order valence-corrected chi connectivity index (χ4v) is 1.39. The SMILES string of the molecule is CSc1ccc(C(=O)O)[n+](C)c1. The highest BCUT2D eigenvalue weighted by atomic mass is 32.2. The van der Waals surface area contributed by atoms with Crippen LogP contribution in [0.25, 0.3) is 0 Å². The van der Waals surface area contributed by atoms with Crippen LogP contribution in [0.2, 0.25) is 0 Å². The molecule has 0 amide bonds. The van der Waals surface area contributed by atoms with Gasteiger partial charge in [-0.2, -0.15) is 4.57 Å². The zero-order valence-corrected chi connectivity index (χ0v) is 7.76. The summed E-state index contributed by atoms with van der Waals surface area (Å²) < 4.78 is 1.61. The zero-order valence-electron chi connectivity index (χ0n) is 6.94. The van der Waals surface area contributed by atoms with Gasteiger partial charge in [-0.25, -0.2) is 4.79 Å². The minimum atomic E-state index is -0.898. The van der Waals surface area contributed by atoms with Crippen LogP contribution in [0.5, 0.6) is 0 Å². The van der Waals surface area contributed by atoms with Crippen LogP contribution in [0.15, 0.2) is 23.2 Å². The summed E-state index contributed by atoms with van der Waals surface area (Å²) in [5.74, 6) is -0.898. The topological polar surface area (TPSA) is 41.2 Å². The third-order valence-electron chi connectivity index (χ3n) is 1.56. The van der Waals surface area contributed by atoms with Crippen molar-refractivity contribution in [2.75, 3.05) is 6.26 Å². The van der Waals surface area contributed by atoms with E-state index in [4.69, 9.17) is 5.11 Å². The molecule has 0 spiro atoms. The van der Waals surface area contributed by atoms with Crippen molar-refractivity contribution < 1.29 is 14.5 Å². The number of carbonyl (C=O) groups is 1. The first-order valence-electron chi connectivity index (χ1n) is 3.42. The molecule has 1 heterocycles. The zero-order chi connectivity index (χ0) is 9.14. The van der Waals surface area contributed by atoms with E-state index in [0.29, 0.717) is 5.69 Å². The highest BCUT2D eigenvalue weighted by Crippen LogP contribution is 2.11. The van der Waals surface area contributed by atoms with Crippen molar-refractivity contribution in [3.8, 4) is 0 Å². The Balaban J connectivity index is 3.12. The van der Waals surface area contributed by atoms with Gasteiger partial charge in [0.15, 0.2) is 6.20 Å². The van der Waals surface area contributed by atoms with Crippen molar-refractivity contribution in [2.45, 2.75) is 4.90 Å². The average Bonchev–Trinajstić information content (AvgIpc) is 2.03. The smallest absolute Gasteiger partial charge is 0.401 e. The molecule has 12 heavy (non-hydrogen) atoms. The highest BCUT2D eigenvalue weighted by Gasteiger charge is 2.14. The van der Waals surface area contributed by atoms with E-state index >= 15 is 0 Å². The molecule has 64 valence electrons. The number of carboxylic acid groups (broad SMARTS) is 1. The fraction of sp³-hybridized carbons (Fsp3) is 0.250. The molecule has 0 fully saturated rings. The number of thioether (sulfide) groups is 1. The van der Waals surface area contributed by atoms with E-state index in [9.17, 15) is 4.79 Å². The van der Waals surface area contributed by atoms with Crippen molar-refractivity contribution in [3.63, 3.8) is 0 Å². The van der Waals surface area contributed by atoms with Crippen LogP contribution in [-0.2, 0) is 7.05 Å². The monoisotopic (exact) mass is 184 g/mol. The fourth-order valence-electron chi connectivity index (χ4n) is 0.925. The van der Waals surface area contributed by atoms with Crippen molar-refractivity contribution >= 4 is 17.7 Å². The minimum Gasteiger partial charge on any atom is -0.473 e. The van der Waals surface area contributed by atoms with Gasteiger partial charge in [0, 0.05) is 6.07 Å². The molecule has 0 saturated heterocycles. The second-order valence-electron chi connectivity index (χ2n) is 2.37. The van der Waals surface area contributed by atoms with Crippen molar-refractivity contribution in [1.29, 1.82) is 0 Å². The summed E-state index contributed by atoms with van der Waals surface area (Å²) in [6.45, 7) is 0. The van der Waals surface area contributed by atoms with Gasteiger partial charge in [0.05, 0.1) is 4.90 Å². The highest BCUT2D eigenvalue weighted by molar-refractivity contribution is 7.98. The van der Waals surface area contributed by atoms with Crippen molar-refractivity contribution in [2.24, 2.45) is 7.05 Å². The van der Waals surface area contributed by atoms with Crippen LogP contribution in [0, 0.1) is 0 Å². The normalized spacial score (nSPS) is 9.83. The summed E-state index contributed by atoms with van der Waals surface area (Å²) in [6, 6.07) is 3.41. The lowest BCUT2D eigenvalue weighted by Crippen LogP contribution is -2.35. The van der Waals surface area contributed by atoms with Crippen LogP contribution >= 0.6 is 11.8 Å². The molecule has 3 nitrogen and oxygen atoms in total. The number of aryl methyl sites for hydroxylation is 1. The van der Waals surface area contributed by atoms with E-state index in [1.54, 1.807) is 41.7 Å². The predicted molar refractivity (Wildman–Crippen MR) is 46.4 cm³/mol. The van der Waals surface area contributed by atoms with E-state index in [0.717, 1.165) is 4.90 Å². The Morgan fingerprint density at radius 1 is 1.58 bits per heavy atom. The number of pyridine rings is 1. The maximum absolute atomic E-state index is 10.6. The first kappa shape index (κ1) is 9.06. The van der Waals surface area contributed by atoms with Gasteiger partial charge in [-0.1, -0.05) is 0 Å². The summed E-state index contributed by atoms with van der Waals surface area (Å²) >= 11 is 1.59. The molecule has 1 rings (SSSR count). The van der Waals surface area contributed by atoms with Crippen molar-refractivity contribution in [1.82, 2.24) is 0 Å². The molecule has 0 unspecified atom stereocenters. The lowest BCUT2D eigenvalue weighted by Gasteiger charge is -1.96. The Morgan fingerprint density at radius 2 is 2.25 bits per heavy atom. The van der Waals surface area contributed by atoms with E-state index in [1.807, 2.05) is 6.26 Å². The van der Waals surface area contributed by atoms with Crippen LogP contribution in [-0.4, -0.2) is 17.3 Å². The molecule has 1 aromatic heterocycles. The van der Waals surface area contributed by atoms with Gasteiger partial charge in [-0.15, -0.1) is 11.8 Å². The number of hydrogen-bond acceptors (Lipinski definition) is 2.